The Morgan fingerprint density at radius 3 is 2.29 bits per heavy atom. The van der Waals surface area contributed by atoms with Gasteiger partial charge in [-0.1, -0.05) is 55.3 Å². The van der Waals surface area contributed by atoms with E-state index in [1.807, 2.05) is 69.3 Å². The van der Waals surface area contributed by atoms with E-state index >= 15 is 0 Å². The van der Waals surface area contributed by atoms with E-state index in [4.69, 9.17) is 4.74 Å². The first-order valence-electron chi connectivity index (χ1n) is 12.7. The molecule has 0 spiro atoms. The SMILES string of the molecule is CC(C)(C)OC(=O)N1CCC[C@H]1C(=O)Cc1ccccc1-c1ccccc1NC(=O)C1CCCC1. The summed E-state index contributed by atoms with van der Waals surface area (Å²) in [6.07, 6.45) is 5.30. The van der Waals surface area contributed by atoms with E-state index < -0.39 is 17.7 Å². The summed E-state index contributed by atoms with van der Waals surface area (Å²) in [4.78, 5) is 40.5. The van der Waals surface area contributed by atoms with Gasteiger partial charge in [-0.25, -0.2) is 4.79 Å². The predicted octanol–water partition coefficient (Wildman–Crippen LogP) is 5.99. The van der Waals surface area contributed by atoms with E-state index in [-0.39, 0.29) is 24.0 Å². The molecule has 1 atom stereocenters. The van der Waals surface area contributed by atoms with Crippen LogP contribution in [0.15, 0.2) is 48.5 Å². The van der Waals surface area contributed by atoms with Gasteiger partial charge in [-0.3, -0.25) is 14.5 Å². The highest BCUT2D eigenvalue weighted by atomic mass is 16.6. The Labute approximate surface area is 208 Å². The maximum absolute atomic E-state index is 13.4. The molecule has 35 heavy (non-hydrogen) atoms. The van der Waals surface area contributed by atoms with Crippen LogP contribution in [0.25, 0.3) is 11.1 Å². The number of carbonyl (C=O) groups excluding carboxylic acids is 3. The average Bonchev–Trinajstić information content (AvgIpc) is 3.51. The fourth-order valence-electron chi connectivity index (χ4n) is 5.13. The first-order valence-corrected chi connectivity index (χ1v) is 12.7. The van der Waals surface area contributed by atoms with Crippen LogP contribution in [0.4, 0.5) is 10.5 Å². The molecule has 1 N–H and O–H groups in total. The van der Waals surface area contributed by atoms with E-state index in [9.17, 15) is 14.4 Å². The van der Waals surface area contributed by atoms with E-state index in [1.54, 1.807) is 4.90 Å². The van der Waals surface area contributed by atoms with Crippen LogP contribution in [0.1, 0.15) is 64.9 Å². The van der Waals surface area contributed by atoms with Crippen molar-refractivity contribution in [3.8, 4) is 11.1 Å². The van der Waals surface area contributed by atoms with E-state index in [0.717, 1.165) is 54.5 Å². The largest absolute Gasteiger partial charge is 0.444 e. The molecule has 2 aromatic carbocycles. The summed E-state index contributed by atoms with van der Waals surface area (Å²) >= 11 is 0. The molecule has 1 heterocycles. The highest BCUT2D eigenvalue weighted by Gasteiger charge is 2.36. The minimum atomic E-state index is -0.605. The monoisotopic (exact) mass is 476 g/mol. The van der Waals surface area contributed by atoms with Crippen LogP contribution < -0.4 is 5.32 Å². The van der Waals surface area contributed by atoms with Gasteiger partial charge in [0, 0.05) is 30.1 Å². The average molecular weight is 477 g/mol. The number of anilines is 1. The number of nitrogens with zero attached hydrogens (tertiary/aromatic N) is 1. The Morgan fingerprint density at radius 1 is 0.914 bits per heavy atom. The lowest BCUT2D eigenvalue weighted by Crippen LogP contribution is -2.43. The third-order valence-corrected chi connectivity index (χ3v) is 6.84. The second-order valence-corrected chi connectivity index (χ2v) is 10.6. The van der Waals surface area contributed by atoms with Gasteiger partial charge in [-0.2, -0.15) is 0 Å². The Balaban J connectivity index is 1.54. The van der Waals surface area contributed by atoms with Crippen molar-refractivity contribution < 1.29 is 19.1 Å². The number of ether oxygens (including phenoxy) is 1. The summed E-state index contributed by atoms with van der Waals surface area (Å²) in [5, 5.41) is 3.14. The third-order valence-electron chi connectivity index (χ3n) is 6.84. The number of hydrogen-bond acceptors (Lipinski definition) is 4. The molecule has 2 aliphatic rings. The zero-order valence-corrected chi connectivity index (χ0v) is 21.0. The lowest BCUT2D eigenvalue weighted by molar-refractivity contribution is -0.122. The van der Waals surface area contributed by atoms with Crippen LogP contribution in [-0.4, -0.2) is 40.9 Å². The predicted molar refractivity (Wildman–Crippen MR) is 137 cm³/mol. The number of Topliss-reactive ketones (excluding diaryl/α,β-unsaturated/α-hetero) is 1. The lowest BCUT2D eigenvalue weighted by atomic mass is 9.93. The quantitative estimate of drug-likeness (QED) is 0.555. The Hall–Kier alpha value is -3.15. The first-order chi connectivity index (χ1) is 16.7. The van der Waals surface area contributed by atoms with Crippen molar-refractivity contribution in [1.29, 1.82) is 0 Å². The molecule has 0 radical (unpaired) electrons. The fourth-order valence-corrected chi connectivity index (χ4v) is 5.13. The van der Waals surface area contributed by atoms with Gasteiger partial charge in [0.25, 0.3) is 0 Å². The smallest absolute Gasteiger partial charge is 0.410 e. The standard InChI is InChI=1S/C29H36N2O4/c1-29(2,3)35-28(34)31-18-10-17-25(31)26(32)19-21-13-6-7-14-22(21)23-15-8-9-16-24(23)30-27(33)20-11-4-5-12-20/h6-9,13-16,20,25H,4-5,10-12,17-19H2,1-3H3,(H,30,33)/t25-/m0/s1. The number of nitrogens with one attached hydrogen (secondary N) is 1. The van der Waals surface area contributed by atoms with E-state index in [0.29, 0.717) is 13.0 Å². The zero-order valence-electron chi connectivity index (χ0n) is 21.0. The van der Waals surface area contributed by atoms with Crippen molar-refractivity contribution in [3.63, 3.8) is 0 Å². The Bertz CT molecular complexity index is 1080. The van der Waals surface area contributed by atoms with Gasteiger partial charge >= 0.3 is 6.09 Å². The maximum atomic E-state index is 13.4. The summed E-state index contributed by atoms with van der Waals surface area (Å²) in [5.41, 5.74) is 2.87. The minimum Gasteiger partial charge on any atom is -0.444 e. The van der Waals surface area contributed by atoms with Gasteiger partial charge in [0.05, 0.1) is 6.04 Å². The molecule has 0 aromatic heterocycles. The van der Waals surface area contributed by atoms with E-state index in [2.05, 4.69) is 5.32 Å². The molecule has 6 heteroatoms. The number of rotatable bonds is 6. The van der Waals surface area contributed by atoms with Crippen LogP contribution in [0.5, 0.6) is 0 Å². The summed E-state index contributed by atoms with van der Waals surface area (Å²) in [7, 11) is 0. The van der Waals surface area contributed by atoms with Crippen molar-refractivity contribution in [2.45, 2.75) is 77.4 Å². The Morgan fingerprint density at radius 2 is 1.57 bits per heavy atom. The van der Waals surface area contributed by atoms with Crippen molar-refractivity contribution in [2.75, 3.05) is 11.9 Å². The normalized spacial score (nSPS) is 18.5. The first kappa shape index (κ1) is 25.0. The number of carbonyl (C=O) groups is 3. The molecular weight excluding hydrogens is 440 g/mol. The molecular formula is C29H36N2O4. The highest BCUT2D eigenvalue weighted by Crippen LogP contribution is 2.33. The molecule has 6 nitrogen and oxygen atoms in total. The molecule has 1 saturated heterocycles. The second kappa shape index (κ2) is 10.6. The molecule has 0 bridgehead atoms. The summed E-state index contributed by atoms with van der Waals surface area (Å²) in [6, 6.07) is 15.1. The topological polar surface area (TPSA) is 75.7 Å². The van der Waals surface area contributed by atoms with Crippen molar-refractivity contribution in [3.05, 3.63) is 54.1 Å². The van der Waals surface area contributed by atoms with Crippen LogP contribution >= 0.6 is 0 Å². The summed E-state index contributed by atoms with van der Waals surface area (Å²) in [5.74, 6) is 0.150. The van der Waals surface area contributed by atoms with Crippen LogP contribution in [0, 0.1) is 5.92 Å². The summed E-state index contributed by atoms with van der Waals surface area (Å²) < 4.78 is 5.53. The number of benzene rings is 2. The molecule has 2 aromatic rings. The summed E-state index contributed by atoms with van der Waals surface area (Å²) in [6.45, 7) is 6.02. The van der Waals surface area contributed by atoms with Crippen LogP contribution in [0.3, 0.4) is 0 Å². The number of amides is 2. The van der Waals surface area contributed by atoms with E-state index in [1.165, 1.54) is 0 Å². The Kier molecular flexibility index (Phi) is 7.58. The molecule has 2 fully saturated rings. The lowest BCUT2D eigenvalue weighted by Gasteiger charge is -2.28. The van der Waals surface area contributed by atoms with Crippen LogP contribution in [-0.2, 0) is 20.7 Å². The van der Waals surface area contributed by atoms with Gasteiger partial charge in [0.1, 0.15) is 5.60 Å². The molecule has 1 aliphatic carbocycles. The maximum Gasteiger partial charge on any atom is 0.410 e. The molecule has 2 amide bonds. The molecule has 4 rings (SSSR count). The minimum absolute atomic E-state index is 0.00767. The van der Waals surface area contributed by atoms with Gasteiger partial charge < -0.3 is 10.1 Å². The van der Waals surface area contributed by atoms with Crippen molar-refractivity contribution in [2.24, 2.45) is 5.92 Å². The second-order valence-electron chi connectivity index (χ2n) is 10.6. The molecule has 186 valence electrons. The number of para-hydroxylation sites is 1. The van der Waals surface area contributed by atoms with Gasteiger partial charge in [0.2, 0.25) is 5.91 Å². The zero-order chi connectivity index (χ0) is 25.0. The van der Waals surface area contributed by atoms with Crippen molar-refractivity contribution in [1.82, 2.24) is 4.90 Å². The molecule has 1 aliphatic heterocycles. The van der Waals surface area contributed by atoms with Gasteiger partial charge in [-0.05, 0) is 63.6 Å². The van der Waals surface area contributed by atoms with Crippen molar-refractivity contribution >= 4 is 23.5 Å². The highest BCUT2D eigenvalue weighted by molar-refractivity contribution is 5.98. The van der Waals surface area contributed by atoms with Crippen LogP contribution in [0.2, 0.25) is 0 Å². The number of likely N-dealkylation sites (tertiary alicyclic amines) is 1. The number of ketones is 1. The third kappa shape index (κ3) is 6.11. The molecule has 1 saturated carbocycles. The fraction of sp³-hybridized carbons (Fsp3) is 0.483. The molecule has 0 unspecified atom stereocenters. The van der Waals surface area contributed by atoms with Gasteiger partial charge in [-0.15, -0.1) is 0 Å². The van der Waals surface area contributed by atoms with Gasteiger partial charge in [0.15, 0.2) is 5.78 Å². The number of hydrogen-bond donors (Lipinski definition) is 1.